The van der Waals surface area contributed by atoms with Gasteiger partial charge in [0, 0.05) is 24.0 Å². The number of benzene rings is 3. The third kappa shape index (κ3) is 8.86. The Kier molecular flexibility index (Phi) is 11.2. The zero-order valence-corrected chi connectivity index (χ0v) is 26.4. The molecule has 3 aromatic rings. The van der Waals surface area contributed by atoms with Gasteiger partial charge in [0.15, 0.2) is 0 Å². The fourth-order valence-electron chi connectivity index (χ4n) is 5.18. The van der Waals surface area contributed by atoms with Gasteiger partial charge in [-0.3, -0.25) is 13.9 Å². The molecule has 1 fully saturated rings. The van der Waals surface area contributed by atoms with E-state index in [4.69, 9.17) is 34.8 Å². The summed E-state index contributed by atoms with van der Waals surface area (Å²) >= 11 is 18.6. The van der Waals surface area contributed by atoms with Crippen molar-refractivity contribution >= 4 is 62.3 Å². The number of nitrogens with one attached hydrogen (secondary N) is 1. The zero-order valence-electron chi connectivity index (χ0n) is 23.3. The Hall–Kier alpha value is -2.78. The molecule has 0 heterocycles. The number of hydrogen-bond donors (Lipinski definition) is 1. The number of hydrogen-bond acceptors (Lipinski definition) is 4. The molecule has 1 saturated carbocycles. The van der Waals surface area contributed by atoms with Gasteiger partial charge in [0.05, 0.1) is 22.0 Å². The molecule has 0 spiro atoms. The molecule has 1 N–H and O–H groups in total. The van der Waals surface area contributed by atoms with E-state index in [0.717, 1.165) is 48.2 Å². The van der Waals surface area contributed by atoms with Gasteiger partial charge in [0.2, 0.25) is 21.8 Å². The molecule has 1 atom stereocenters. The van der Waals surface area contributed by atoms with Crippen LogP contribution in [0.15, 0.2) is 72.8 Å². The molecule has 4 rings (SSSR count). The maximum Gasteiger partial charge on any atom is 0.244 e. The van der Waals surface area contributed by atoms with Crippen LogP contribution < -0.4 is 9.62 Å². The Labute approximate surface area is 262 Å². The lowest BCUT2D eigenvalue weighted by Crippen LogP contribution is -2.55. The topological polar surface area (TPSA) is 86.8 Å². The van der Waals surface area contributed by atoms with Crippen LogP contribution >= 0.6 is 34.8 Å². The van der Waals surface area contributed by atoms with Crippen molar-refractivity contribution in [2.24, 2.45) is 0 Å². The van der Waals surface area contributed by atoms with Crippen molar-refractivity contribution in [1.82, 2.24) is 10.2 Å². The van der Waals surface area contributed by atoms with Gasteiger partial charge >= 0.3 is 0 Å². The minimum absolute atomic E-state index is 0.0124. The van der Waals surface area contributed by atoms with Crippen LogP contribution in [0, 0.1) is 0 Å². The Bertz CT molecular complexity index is 1500. The number of carbonyl (C=O) groups excluding carboxylic acids is 2. The lowest BCUT2D eigenvalue weighted by molar-refractivity contribution is -0.140. The second-order valence-electron chi connectivity index (χ2n) is 10.6. The monoisotopic (exact) mass is 649 g/mol. The third-order valence-corrected chi connectivity index (χ3v) is 9.45. The van der Waals surface area contributed by atoms with Crippen molar-refractivity contribution in [2.45, 2.75) is 57.2 Å². The van der Waals surface area contributed by atoms with Crippen LogP contribution in [0.4, 0.5) is 5.69 Å². The van der Waals surface area contributed by atoms with Crippen molar-refractivity contribution in [2.75, 3.05) is 17.1 Å². The SMILES string of the molecule is CS(=O)(=O)N(CC(=O)N(Cc1ccc(Cl)c(Cl)c1)[C@@H](Cc1ccccc1)C(=O)NC1CCCCC1)c1cccc(Cl)c1. The smallest absolute Gasteiger partial charge is 0.244 e. The van der Waals surface area contributed by atoms with Gasteiger partial charge in [-0.15, -0.1) is 0 Å². The summed E-state index contributed by atoms with van der Waals surface area (Å²) in [4.78, 5) is 29.6. The Morgan fingerprint density at radius 1 is 0.881 bits per heavy atom. The van der Waals surface area contributed by atoms with Gasteiger partial charge in [-0.2, -0.15) is 0 Å². The number of carbonyl (C=O) groups is 2. The summed E-state index contributed by atoms with van der Waals surface area (Å²) in [5.74, 6) is -0.834. The molecule has 11 heteroatoms. The summed E-state index contributed by atoms with van der Waals surface area (Å²) in [6.07, 6.45) is 6.21. The maximum absolute atomic E-state index is 14.2. The van der Waals surface area contributed by atoms with Crippen LogP contribution in [0.25, 0.3) is 0 Å². The van der Waals surface area contributed by atoms with Gasteiger partial charge in [-0.1, -0.05) is 96.5 Å². The molecule has 0 saturated heterocycles. The van der Waals surface area contributed by atoms with E-state index in [9.17, 15) is 18.0 Å². The molecule has 3 aromatic carbocycles. The normalized spacial score (nSPS) is 14.7. The van der Waals surface area contributed by atoms with Crippen LogP contribution in [0.1, 0.15) is 43.2 Å². The highest BCUT2D eigenvalue weighted by Crippen LogP contribution is 2.26. The van der Waals surface area contributed by atoms with E-state index >= 15 is 0 Å². The van der Waals surface area contributed by atoms with Crippen LogP contribution in [0.2, 0.25) is 15.1 Å². The van der Waals surface area contributed by atoms with Crippen LogP contribution in [0.3, 0.4) is 0 Å². The molecular formula is C31H34Cl3N3O4S. The second-order valence-corrected chi connectivity index (χ2v) is 13.7. The fourth-order valence-corrected chi connectivity index (χ4v) is 6.52. The molecule has 7 nitrogen and oxygen atoms in total. The Morgan fingerprint density at radius 3 is 2.24 bits per heavy atom. The van der Waals surface area contributed by atoms with Crippen LogP contribution in [0.5, 0.6) is 0 Å². The Morgan fingerprint density at radius 2 is 1.60 bits per heavy atom. The predicted molar refractivity (Wildman–Crippen MR) is 170 cm³/mol. The summed E-state index contributed by atoms with van der Waals surface area (Å²) in [6.45, 7) is -0.513. The van der Waals surface area contributed by atoms with E-state index in [-0.39, 0.29) is 30.6 Å². The molecule has 0 aliphatic heterocycles. The van der Waals surface area contributed by atoms with Crippen molar-refractivity contribution in [3.8, 4) is 0 Å². The predicted octanol–water partition coefficient (Wildman–Crippen LogP) is 6.50. The van der Waals surface area contributed by atoms with Crippen molar-refractivity contribution in [3.63, 3.8) is 0 Å². The van der Waals surface area contributed by atoms with Gasteiger partial charge in [-0.05, 0) is 54.3 Å². The summed E-state index contributed by atoms with van der Waals surface area (Å²) < 4.78 is 26.8. The van der Waals surface area contributed by atoms with Crippen LogP contribution in [-0.2, 0) is 32.6 Å². The third-order valence-electron chi connectivity index (χ3n) is 7.33. The first-order chi connectivity index (χ1) is 20.0. The highest BCUT2D eigenvalue weighted by molar-refractivity contribution is 7.92. The molecule has 0 bridgehead atoms. The average Bonchev–Trinajstić information content (AvgIpc) is 2.95. The summed E-state index contributed by atoms with van der Waals surface area (Å²) in [5, 5.41) is 4.17. The van der Waals surface area contributed by atoms with Crippen molar-refractivity contribution < 1.29 is 18.0 Å². The average molecular weight is 651 g/mol. The van der Waals surface area contributed by atoms with E-state index in [1.54, 1.807) is 36.4 Å². The minimum Gasteiger partial charge on any atom is -0.352 e. The van der Waals surface area contributed by atoms with E-state index < -0.39 is 28.5 Å². The number of halogens is 3. The van der Waals surface area contributed by atoms with Crippen LogP contribution in [-0.4, -0.2) is 50.0 Å². The molecule has 2 amide bonds. The van der Waals surface area contributed by atoms with Gasteiger partial charge in [0.25, 0.3) is 0 Å². The molecule has 0 unspecified atom stereocenters. The van der Waals surface area contributed by atoms with Gasteiger partial charge in [0.1, 0.15) is 12.6 Å². The first kappa shape index (κ1) is 32.1. The standard InChI is InChI=1S/C31H34Cl3N3O4S/c1-42(40,41)37(26-14-8-11-24(32)19-26)21-30(38)36(20-23-15-16-27(33)28(34)17-23)29(18-22-9-4-2-5-10-22)31(39)35-25-12-6-3-7-13-25/h2,4-5,8-11,14-17,19,25,29H,3,6-7,12-13,18,20-21H2,1H3,(H,35,39)/t29-/m0/s1. The van der Waals surface area contributed by atoms with Gasteiger partial charge in [-0.25, -0.2) is 8.42 Å². The number of anilines is 1. The Balaban J connectivity index is 1.74. The number of amides is 2. The summed E-state index contributed by atoms with van der Waals surface area (Å²) in [7, 11) is -3.89. The molecule has 1 aliphatic rings. The summed E-state index contributed by atoms with van der Waals surface area (Å²) in [6, 6.07) is 19.8. The number of nitrogens with zero attached hydrogens (tertiary/aromatic N) is 2. The number of rotatable bonds is 11. The lowest BCUT2D eigenvalue weighted by atomic mass is 9.94. The molecule has 0 aromatic heterocycles. The number of sulfonamides is 1. The highest BCUT2D eigenvalue weighted by atomic mass is 35.5. The van der Waals surface area contributed by atoms with E-state index in [2.05, 4.69) is 5.32 Å². The highest BCUT2D eigenvalue weighted by Gasteiger charge is 2.34. The molecule has 0 radical (unpaired) electrons. The molecule has 224 valence electrons. The largest absolute Gasteiger partial charge is 0.352 e. The van der Waals surface area contributed by atoms with Gasteiger partial charge < -0.3 is 10.2 Å². The minimum atomic E-state index is -3.89. The first-order valence-electron chi connectivity index (χ1n) is 13.8. The van der Waals surface area contributed by atoms with E-state index in [1.807, 2.05) is 30.3 Å². The molecule has 42 heavy (non-hydrogen) atoms. The quantitative estimate of drug-likeness (QED) is 0.257. The van der Waals surface area contributed by atoms with E-state index in [0.29, 0.717) is 20.6 Å². The lowest BCUT2D eigenvalue weighted by Gasteiger charge is -2.35. The summed E-state index contributed by atoms with van der Waals surface area (Å²) in [5.41, 5.74) is 1.76. The van der Waals surface area contributed by atoms with E-state index in [1.165, 1.54) is 11.0 Å². The zero-order chi connectivity index (χ0) is 30.3. The fraction of sp³-hybridized carbons (Fsp3) is 0.355. The van der Waals surface area contributed by atoms with Crippen molar-refractivity contribution in [1.29, 1.82) is 0 Å². The first-order valence-corrected chi connectivity index (χ1v) is 16.8. The van der Waals surface area contributed by atoms with Crippen molar-refractivity contribution in [3.05, 3.63) is 99.0 Å². The second kappa shape index (κ2) is 14.6. The molecular weight excluding hydrogens is 617 g/mol. The molecule has 1 aliphatic carbocycles. The maximum atomic E-state index is 14.2.